The maximum absolute atomic E-state index is 13.3. The molecule has 1 aliphatic rings. The minimum Gasteiger partial charge on any atom is -0.396 e. The van der Waals surface area contributed by atoms with Gasteiger partial charge in [-0.15, -0.1) is 12.4 Å². The van der Waals surface area contributed by atoms with E-state index in [2.05, 4.69) is 10.2 Å². The summed E-state index contributed by atoms with van der Waals surface area (Å²) in [5.74, 6) is -0.184. The second-order valence-electron chi connectivity index (χ2n) is 4.72. The van der Waals surface area contributed by atoms with E-state index in [9.17, 15) is 4.39 Å². The lowest BCUT2D eigenvalue weighted by atomic mass is 9.99. The van der Waals surface area contributed by atoms with Gasteiger partial charge in [-0.1, -0.05) is 12.1 Å². The van der Waals surface area contributed by atoms with Crippen LogP contribution >= 0.6 is 12.4 Å². The van der Waals surface area contributed by atoms with Crippen molar-refractivity contribution in [3.05, 3.63) is 35.6 Å². The van der Waals surface area contributed by atoms with Crippen LogP contribution in [0.5, 0.6) is 0 Å². The maximum Gasteiger partial charge on any atom is 0.123 e. The molecule has 0 aliphatic carbocycles. The highest BCUT2D eigenvalue weighted by molar-refractivity contribution is 5.85. The van der Waals surface area contributed by atoms with E-state index in [-0.39, 0.29) is 30.9 Å². The molecule has 5 heteroatoms. The van der Waals surface area contributed by atoms with Crippen molar-refractivity contribution in [3.8, 4) is 0 Å². The predicted octanol–water partition coefficient (Wildman–Crippen LogP) is 1.97. The van der Waals surface area contributed by atoms with Crippen molar-refractivity contribution in [1.82, 2.24) is 10.2 Å². The monoisotopic (exact) mass is 288 g/mol. The molecule has 1 saturated heterocycles. The lowest BCUT2D eigenvalue weighted by Crippen LogP contribution is -2.45. The third-order valence-electron chi connectivity index (χ3n) is 3.46. The quantitative estimate of drug-likeness (QED) is 0.869. The fourth-order valence-corrected chi connectivity index (χ4v) is 2.55. The van der Waals surface area contributed by atoms with Gasteiger partial charge >= 0.3 is 0 Å². The number of hydrogen-bond acceptors (Lipinski definition) is 3. The topological polar surface area (TPSA) is 35.5 Å². The first kappa shape index (κ1) is 16.4. The molecule has 1 atom stereocenters. The van der Waals surface area contributed by atoms with Crippen LogP contribution in [0.4, 0.5) is 4.39 Å². The van der Waals surface area contributed by atoms with Gasteiger partial charge in [0.25, 0.3) is 0 Å². The first-order chi connectivity index (χ1) is 8.81. The van der Waals surface area contributed by atoms with Crippen molar-refractivity contribution in [2.45, 2.75) is 18.9 Å². The highest BCUT2D eigenvalue weighted by atomic mass is 35.5. The summed E-state index contributed by atoms with van der Waals surface area (Å²) in [6.07, 6.45) is 1.63. The van der Waals surface area contributed by atoms with Gasteiger partial charge in [-0.2, -0.15) is 0 Å². The molecule has 0 aromatic heterocycles. The van der Waals surface area contributed by atoms with E-state index in [1.807, 2.05) is 6.07 Å². The molecule has 1 heterocycles. The molecule has 0 amide bonds. The van der Waals surface area contributed by atoms with Crippen LogP contribution < -0.4 is 5.32 Å². The van der Waals surface area contributed by atoms with E-state index in [4.69, 9.17) is 5.11 Å². The fourth-order valence-electron chi connectivity index (χ4n) is 2.55. The normalized spacial score (nSPS) is 17.8. The summed E-state index contributed by atoms with van der Waals surface area (Å²) in [6, 6.07) is 7.05. The summed E-state index contributed by atoms with van der Waals surface area (Å²) in [7, 11) is 0. The van der Waals surface area contributed by atoms with Crippen molar-refractivity contribution in [3.63, 3.8) is 0 Å². The van der Waals surface area contributed by atoms with Crippen molar-refractivity contribution in [2.75, 3.05) is 32.8 Å². The fraction of sp³-hybridized carbons (Fsp3) is 0.571. The van der Waals surface area contributed by atoms with Crippen LogP contribution in [0.15, 0.2) is 24.3 Å². The summed E-state index contributed by atoms with van der Waals surface area (Å²) in [4.78, 5) is 2.38. The van der Waals surface area contributed by atoms with E-state index in [1.54, 1.807) is 12.1 Å². The lowest BCUT2D eigenvalue weighted by Gasteiger charge is -2.35. The molecule has 1 aromatic rings. The Kier molecular flexibility index (Phi) is 7.31. The second-order valence-corrected chi connectivity index (χ2v) is 4.72. The number of nitrogens with zero attached hydrogens (tertiary/aromatic N) is 1. The minimum atomic E-state index is -0.184. The molecule has 0 unspecified atom stereocenters. The van der Waals surface area contributed by atoms with Crippen molar-refractivity contribution in [1.29, 1.82) is 0 Å². The Morgan fingerprint density at radius 3 is 2.68 bits per heavy atom. The Hall–Kier alpha value is -0.680. The lowest BCUT2D eigenvalue weighted by molar-refractivity contribution is 0.154. The zero-order valence-corrected chi connectivity index (χ0v) is 11.8. The molecule has 19 heavy (non-hydrogen) atoms. The average Bonchev–Trinajstić information content (AvgIpc) is 2.40. The van der Waals surface area contributed by atoms with Gasteiger partial charge in [0.15, 0.2) is 0 Å². The molecule has 2 rings (SSSR count). The Bertz CT molecular complexity index is 372. The molecule has 108 valence electrons. The standard InChI is InChI=1S/C14H21FN2O.ClH/c15-13-4-1-3-12(11-13)14(5-2-10-18)17-8-6-16-7-9-17;/h1,3-4,11,14,16,18H,2,5-10H2;1H/t14-;/m0./s1. The summed E-state index contributed by atoms with van der Waals surface area (Å²) in [5, 5.41) is 12.3. The van der Waals surface area contributed by atoms with Crippen LogP contribution in [-0.2, 0) is 0 Å². The van der Waals surface area contributed by atoms with Crippen LogP contribution in [0.2, 0.25) is 0 Å². The molecule has 1 fully saturated rings. The first-order valence-electron chi connectivity index (χ1n) is 6.62. The second kappa shape index (κ2) is 8.48. The van der Waals surface area contributed by atoms with Gasteiger partial charge in [0.05, 0.1) is 0 Å². The highest BCUT2D eigenvalue weighted by Gasteiger charge is 2.21. The van der Waals surface area contributed by atoms with E-state index < -0.39 is 0 Å². The third-order valence-corrected chi connectivity index (χ3v) is 3.46. The van der Waals surface area contributed by atoms with E-state index in [0.29, 0.717) is 0 Å². The zero-order chi connectivity index (χ0) is 12.8. The first-order valence-corrected chi connectivity index (χ1v) is 6.62. The molecule has 0 spiro atoms. The Balaban J connectivity index is 0.00000180. The van der Waals surface area contributed by atoms with Crippen LogP contribution in [-0.4, -0.2) is 42.8 Å². The molecule has 2 N–H and O–H groups in total. The van der Waals surface area contributed by atoms with Crippen LogP contribution in [0.1, 0.15) is 24.4 Å². The molecule has 0 radical (unpaired) electrons. The van der Waals surface area contributed by atoms with Gasteiger partial charge in [-0.05, 0) is 30.5 Å². The molecule has 1 aromatic carbocycles. The number of nitrogens with one attached hydrogen (secondary N) is 1. The third kappa shape index (κ3) is 4.73. The number of piperazine rings is 1. The van der Waals surface area contributed by atoms with E-state index in [1.165, 1.54) is 6.07 Å². The molecule has 1 aliphatic heterocycles. The van der Waals surface area contributed by atoms with Crippen molar-refractivity contribution >= 4 is 12.4 Å². The van der Waals surface area contributed by atoms with Crippen LogP contribution in [0.25, 0.3) is 0 Å². The predicted molar refractivity (Wildman–Crippen MR) is 77.2 cm³/mol. The van der Waals surface area contributed by atoms with E-state index >= 15 is 0 Å². The Morgan fingerprint density at radius 1 is 1.32 bits per heavy atom. The number of aliphatic hydroxyl groups excluding tert-OH is 1. The minimum absolute atomic E-state index is 0. The largest absolute Gasteiger partial charge is 0.396 e. The SMILES string of the molecule is Cl.OCCC[C@@H](c1cccc(F)c1)N1CCNCC1. The molecule has 0 bridgehead atoms. The number of hydrogen-bond donors (Lipinski definition) is 2. The molecule has 3 nitrogen and oxygen atoms in total. The summed E-state index contributed by atoms with van der Waals surface area (Å²) in [5.41, 5.74) is 1.02. The number of benzene rings is 1. The number of halogens is 2. The zero-order valence-electron chi connectivity index (χ0n) is 11.0. The molecule has 0 saturated carbocycles. The summed E-state index contributed by atoms with van der Waals surface area (Å²) < 4.78 is 13.3. The molecular weight excluding hydrogens is 267 g/mol. The Morgan fingerprint density at radius 2 is 2.05 bits per heavy atom. The smallest absolute Gasteiger partial charge is 0.123 e. The van der Waals surface area contributed by atoms with Crippen molar-refractivity contribution < 1.29 is 9.50 Å². The maximum atomic E-state index is 13.3. The average molecular weight is 289 g/mol. The van der Waals surface area contributed by atoms with Crippen LogP contribution in [0, 0.1) is 5.82 Å². The summed E-state index contributed by atoms with van der Waals surface area (Å²) >= 11 is 0. The van der Waals surface area contributed by atoms with Gasteiger partial charge in [0.1, 0.15) is 5.82 Å². The van der Waals surface area contributed by atoms with Gasteiger partial charge in [-0.25, -0.2) is 4.39 Å². The summed E-state index contributed by atoms with van der Waals surface area (Å²) in [6.45, 7) is 4.10. The number of rotatable bonds is 5. The van der Waals surface area contributed by atoms with Crippen molar-refractivity contribution in [2.24, 2.45) is 0 Å². The van der Waals surface area contributed by atoms with Gasteiger partial charge in [-0.3, -0.25) is 4.90 Å². The number of aliphatic hydroxyl groups is 1. The van der Waals surface area contributed by atoms with E-state index in [0.717, 1.165) is 44.6 Å². The van der Waals surface area contributed by atoms with Gasteiger partial charge in [0, 0.05) is 38.8 Å². The molecular formula is C14H22ClFN2O. The highest BCUT2D eigenvalue weighted by Crippen LogP contribution is 2.26. The van der Waals surface area contributed by atoms with Gasteiger partial charge < -0.3 is 10.4 Å². The Labute approximate surface area is 120 Å². The van der Waals surface area contributed by atoms with Gasteiger partial charge in [0.2, 0.25) is 0 Å². The van der Waals surface area contributed by atoms with Crippen LogP contribution in [0.3, 0.4) is 0 Å².